The van der Waals surface area contributed by atoms with E-state index in [0.717, 1.165) is 22.2 Å². The van der Waals surface area contributed by atoms with E-state index in [1.807, 2.05) is 46.4 Å². The lowest BCUT2D eigenvalue weighted by atomic mass is 10.0. The summed E-state index contributed by atoms with van der Waals surface area (Å²) in [4.78, 5) is 14.3. The van der Waals surface area contributed by atoms with Gasteiger partial charge in [0.05, 0.1) is 30.2 Å². The maximum atomic E-state index is 11.7. The SMILES string of the molecule is Cc1ccc(CC(CO)n2c(=N)n(Cc3cc[nH]c(=O)c3)c3ccccc32)cc1. The number of pyridine rings is 1. The zero-order chi connectivity index (χ0) is 20.4. The molecule has 0 amide bonds. The molecule has 6 heteroatoms. The van der Waals surface area contributed by atoms with Crippen molar-refractivity contribution in [2.45, 2.75) is 25.9 Å². The van der Waals surface area contributed by atoms with Crippen molar-refractivity contribution in [1.82, 2.24) is 14.1 Å². The van der Waals surface area contributed by atoms with Crippen LogP contribution in [-0.4, -0.2) is 25.8 Å². The zero-order valence-corrected chi connectivity index (χ0v) is 16.3. The number of hydrogen-bond acceptors (Lipinski definition) is 3. The van der Waals surface area contributed by atoms with E-state index in [-0.39, 0.29) is 18.2 Å². The predicted molar refractivity (Wildman–Crippen MR) is 113 cm³/mol. The standard InChI is InChI=1S/C23H24N4O2/c1-16-6-8-17(9-7-16)12-19(15-28)27-21-5-3-2-4-20(21)26(23(27)24)14-18-10-11-25-22(29)13-18/h2-11,13,19,24,28H,12,14-15H2,1H3,(H,25,29). The monoisotopic (exact) mass is 388 g/mol. The Hall–Kier alpha value is -3.38. The highest BCUT2D eigenvalue weighted by Crippen LogP contribution is 2.21. The van der Waals surface area contributed by atoms with Crippen molar-refractivity contribution in [2.75, 3.05) is 6.61 Å². The molecule has 4 aromatic rings. The number of fused-ring (bicyclic) bond motifs is 1. The number of nitrogens with one attached hydrogen (secondary N) is 2. The summed E-state index contributed by atoms with van der Waals surface area (Å²) in [7, 11) is 0. The van der Waals surface area contributed by atoms with Crippen LogP contribution in [0.25, 0.3) is 11.0 Å². The van der Waals surface area contributed by atoms with Crippen molar-refractivity contribution < 1.29 is 5.11 Å². The fraction of sp³-hybridized carbons (Fsp3) is 0.217. The first-order valence-electron chi connectivity index (χ1n) is 9.65. The third-order valence-corrected chi connectivity index (χ3v) is 5.26. The average molecular weight is 388 g/mol. The van der Waals surface area contributed by atoms with Gasteiger partial charge in [0.1, 0.15) is 0 Å². The van der Waals surface area contributed by atoms with Gasteiger partial charge in [-0.15, -0.1) is 0 Å². The summed E-state index contributed by atoms with van der Waals surface area (Å²) < 4.78 is 3.77. The zero-order valence-electron chi connectivity index (χ0n) is 16.3. The van der Waals surface area contributed by atoms with Crippen molar-refractivity contribution in [3.63, 3.8) is 0 Å². The van der Waals surface area contributed by atoms with Gasteiger partial charge in [0.25, 0.3) is 0 Å². The van der Waals surface area contributed by atoms with Crippen LogP contribution in [0.1, 0.15) is 22.7 Å². The normalized spacial score (nSPS) is 12.3. The molecule has 29 heavy (non-hydrogen) atoms. The van der Waals surface area contributed by atoms with Crippen molar-refractivity contribution in [3.05, 3.63) is 99.5 Å². The van der Waals surface area contributed by atoms with Crippen LogP contribution in [0.3, 0.4) is 0 Å². The Balaban J connectivity index is 1.79. The van der Waals surface area contributed by atoms with Crippen LogP contribution in [0, 0.1) is 12.3 Å². The molecule has 0 bridgehead atoms. The molecule has 0 saturated heterocycles. The highest BCUT2D eigenvalue weighted by atomic mass is 16.3. The van der Waals surface area contributed by atoms with E-state index in [4.69, 9.17) is 5.41 Å². The minimum absolute atomic E-state index is 0.0660. The van der Waals surface area contributed by atoms with Gasteiger partial charge < -0.3 is 19.2 Å². The van der Waals surface area contributed by atoms with Gasteiger partial charge in [-0.2, -0.15) is 0 Å². The first-order valence-corrected chi connectivity index (χ1v) is 9.65. The van der Waals surface area contributed by atoms with E-state index in [9.17, 15) is 9.90 Å². The summed E-state index contributed by atoms with van der Waals surface area (Å²) >= 11 is 0. The molecule has 0 aliphatic heterocycles. The van der Waals surface area contributed by atoms with E-state index < -0.39 is 0 Å². The molecule has 2 aromatic heterocycles. The summed E-state index contributed by atoms with van der Waals surface area (Å²) in [6.45, 7) is 2.40. The number of nitrogens with zero attached hydrogens (tertiary/aromatic N) is 2. The van der Waals surface area contributed by atoms with E-state index in [1.165, 1.54) is 5.56 Å². The van der Waals surface area contributed by atoms with Crippen LogP contribution in [0.15, 0.2) is 71.7 Å². The molecule has 0 radical (unpaired) electrons. The lowest BCUT2D eigenvalue weighted by Gasteiger charge is -2.17. The topological polar surface area (TPSA) is 86.8 Å². The summed E-state index contributed by atoms with van der Waals surface area (Å²) in [5, 5.41) is 19.0. The minimum Gasteiger partial charge on any atom is -0.394 e. The Morgan fingerprint density at radius 3 is 2.45 bits per heavy atom. The largest absolute Gasteiger partial charge is 0.394 e. The maximum Gasteiger partial charge on any atom is 0.248 e. The first-order chi connectivity index (χ1) is 14.1. The van der Waals surface area contributed by atoms with Crippen molar-refractivity contribution in [2.24, 2.45) is 0 Å². The Bertz CT molecular complexity index is 1250. The number of imidazole rings is 1. The first kappa shape index (κ1) is 19.0. The summed E-state index contributed by atoms with van der Waals surface area (Å²) in [6, 6.07) is 19.2. The predicted octanol–water partition coefficient (Wildman–Crippen LogP) is 2.74. The molecular weight excluding hydrogens is 364 g/mol. The molecule has 6 nitrogen and oxygen atoms in total. The Morgan fingerprint density at radius 1 is 1.03 bits per heavy atom. The van der Waals surface area contributed by atoms with Gasteiger partial charge in [0.15, 0.2) is 0 Å². The second kappa shape index (κ2) is 7.93. The molecule has 0 spiro atoms. The molecule has 4 rings (SSSR count). The molecule has 2 heterocycles. The molecular formula is C23H24N4O2. The van der Waals surface area contributed by atoms with Crippen LogP contribution >= 0.6 is 0 Å². The highest BCUT2D eigenvalue weighted by Gasteiger charge is 2.19. The van der Waals surface area contributed by atoms with Gasteiger partial charge in [0.2, 0.25) is 11.2 Å². The Labute approximate surface area is 168 Å². The molecule has 1 atom stereocenters. The average Bonchev–Trinajstić information content (AvgIpc) is 2.99. The molecule has 1 unspecified atom stereocenters. The maximum absolute atomic E-state index is 11.7. The van der Waals surface area contributed by atoms with E-state index in [1.54, 1.807) is 12.3 Å². The van der Waals surface area contributed by atoms with E-state index in [2.05, 4.69) is 29.2 Å². The summed E-state index contributed by atoms with van der Waals surface area (Å²) in [6.07, 6.45) is 2.25. The van der Waals surface area contributed by atoms with Crippen LogP contribution in [0.5, 0.6) is 0 Å². The Morgan fingerprint density at radius 2 is 1.76 bits per heavy atom. The smallest absolute Gasteiger partial charge is 0.248 e. The Kier molecular flexibility index (Phi) is 5.18. The number of aromatic amines is 1. The van der Waals surface area contributed by atoms with Gasteiger partial charge in [-0.25, -0.2) is 0 Å². The number of aryl methyl sites for hydroxylation is 1. The third-order valence-electron chi connectivity index (χ3n) is 5.26. The van der Waals surface area contributed by atoms with Gasteiger partial charge in [-0.1, -0.05) is 42.0 Å². The van der Waals surface area contributed by atoms with Crippen LogP contribution in [0.2, 0.25) is 0 Å². The lowest BCUT2D eigenvalue weighted by Crippen LogP contribution is -2.31. The van der Waals surface area contributed by atoms with Gasteiger partial charge >= 0.3 is 0 Å². The van der Waals surface area contributed by atoms with Crippen molar-refractivity contribution in [3.8, 4) is 0 Å². The number of aliphatic hydroxyl groups is 1. The second-order valence-corrected chi connectivity index (χ2v) is 7.36. The minimum atomic E-state index is -0.254. The molecule has 0 aliphatic rings. The van der Waals surface area contributed by atoms with Crippen molar-refractivity contribution in [1.29, 1.82) is 5.41 Å². The summed E-state index contributed by atoms with van der Waals surface area (Å²) in [5.74, 6) is 0. The number of H-pyrrole nitrogens is 1. The number of para-hydroxylation sites is 2. The van der Waals surface area contributed by atoms with Gasteiger partial charge in [-0.3, -0.25) is 10.2 Å². The molecule has 0 fully saturated rings. The number of hydrogen-bond donors (Lipinski definition) is 3. The third kappa shape index (κ3) is 3.79. The molecule has 0 saturated carbocycles. The number of aliphatic hydroxyl groups excluding tert-OH is 1. The van der Waals surface area contributed by atoms with Crippen molar-refractivity contribution >= 4 is 11.0 Å². The quantitative estimate of drug-likeness (QED) is 0.474. The lowest BCUT2D eigenvalue weighted by molar-refractivity contribution is 0.225. The molecule has 148 valence electrons. The van der Waals surface area contributed by atoms with Gasteiger partial charge in [0, 0.05) is 12.3 Å². The van der Waals surface area contributed by atoms with Crippen LogP contribution in [-0.2, 0) is 13.0 Å². The fourth-order valence-corrected chi connectivity index (χ4v) is 3.79. The van der Waals surface area contributed by atoms with E-state index in [0.29, 0.717) is 18.6 Å². The fourth-order valence-electron chi connectivity index (χ4n) is 3.79. The number of benzene rings is 2. The number of rotatable bonds is 6. The van der Waals surface area contributed by atoms with E-state index >= 15 is 0 Å². The second-order valence-electron chi connectivity index (χ2n) is 7.36. The highest BCUT2D eigenvalue weighted by molar-refractivity contribution is 5.76. The number of aromatic nitrogens is 3. The van der Waals surface area contributed by atoms with Crippen LogP contribution < -0.4 is 11.2 Å². The molecule has 0 aliphatic carbocycles. The van der Waals surface area contributed by atoms with Crippen LogP contribution in [0.4, 0.5) is 0 Å². The summed E-state index contributed by atoms with van der Waals surface area (Å²) in [5.41, 5.74) is 5.08. The molecule has 3 N–H and O–H groups in total. The van der Waals surface area contributed by atoms with Gasteiger partial charge in [-0.05, 0) is 42.7 Å². The molecule has 2 aromatic carbocycles.